The van der Waals surface area contributed by atoms with Crippen LogP contribution in [0.4, 0.5) is 5.13 Å². The summed E-state index contributed by atoms with van der Waals surface area (Å²) < 4.78 is 6.65. The summed E-state index contributed by atoms with van der Waals surface area (Å²) in [6.45, 7) is 9.31. The first-order chi connectivity index (χ1) is 13.1. The number of morpholine rings is 1. The van der Waals surface area contributed by atoms with Crippen LogP contribution >= 0.6 is 11.3 Å². The Morgan fingerprint density at radius 1 is 1.26 bits per heavy atom. The van der Waals surface area contributed by atoms with Crippen LogP contribution in [0, 0.1) is 19.8 Å². The number of thiazole rings is 1. The van der Waals surface area contributed by atoms with Crippen molar-refractivity contribution in [2.45, 2.75) is 39.5 Å². The molecule has 0 unspecified atom stereocenters. The van der Waals surface area contributed by atoms with Gasteiger partial charge in [0.05, 0.1) is 23.4 Å². The molecule has 2 fully saturated rings. The van der Waals surface area contributed by atoms with Crippen LogP contribution < -0.4 is 4.90 Å². The molecule has 0 radical (unpaired) electrons. The molecule has 27 heavy (non-hydrogen) atoms. The molecule has 6 heteroatoms. The van der Waals surface area contributed by atoms with Gasteiger partial charge in [0.15, 0.2) is 5.13 Å². The van der Waals surface area contributed by atoms with Gasteiger partial charge in [-0.05, 0) is 43.9 Å². The highest BCUT2D eigenvalue weighted by Crippen LogP contribution is 2.34. The van der Waals surface area contributed by atoms with Gasteiger partial charge in [-0.1, -0.05) is 30.2 Å². The third-order valence-electron chi connectivity index (χ3n) is 5.75. The number of hydrogen-bond acceptors (Lipinski definition) is 5. The molecule has 2 heterocycles. The van der Waals surface area contributed by atoms with Gasteiger partial charge in [0.1, 0.15) is 0 Å². The number of carbonyl (C=O) groups is 1. The van der Waals surface area contributed by atoms with E-state index >= 15 is 0 Å². The number of carbonyl (C=O) groups excluding carboxylic acids is 1. The van der Waals surface area contributed by atoms with Crippen molar-refractivity contribution in [2.24, 2.45) is 5.92 Å². The highest BCUT2D eigenvalue weighted by atomic mass is 32.1. The summed E-state index contributed by atoms with van der Waals surface area (Å²) in [4.78, 5) is 22.5. The van der Waals surface area contributed by atoms with Gasteiger partial charge in [-0.3, -0.25) is 14.6 Å². The molecule has 1 aromatic carbocycles. The molecule has 1 saturated carbocycles. The van der Waals surface area contributed by atoms with Gasteiger partial charge in [0, 0.05) is 32.1 Å². The Balaban J connectivity index is 1.59. The molecule has 0 N–H and O–H groups in total. The van der Waals surface area contributed by atoms with Gasteiger partial charge in [0.2, 0.25) is 5.91 Å². The second kappa shape index (κ2) is 8.25. The molecule has 1 aromatic heterocycles. The molecule has 1 aliphatic carbocycles. The first kappa shape index (κ1) is 18.8. The largest absolute Gasteiger partial charge is 0.379 e. The summed E-state index contributed by atoms with van der Waals surface area (Å²) >= 11 is 1.67. The molecular formula is C21H29N3O2S. The number of ether oxygens (including phenoxy) is 1. The molecule has 4 rings (SSSR count). The van der Waals surface area contributed by atoms with E-state index in [9.17, 15) is 4.79 Å². The number of benzene rings is 1. The average Bonchev–Trinajstić information content (AvgIpc) is 3.32. The lowest BCUT2D eigenvalue weighted by Gasteiger charge is -2.30. The Morgan fingerprint density at radius 3 is 2.74 bits per heavy atom. The maximum atomic E-state index is 13.3. The van der Waals surface area contributed by atoms with Crippen molar-refractivity contribution in [3.05, 3.63) is 23.3 Å². The fourth-order valence-corrected chi connectivity index (χ4v) is 5.29. The Kier molecular flexibility index (Phi) is 5.76. The molecule has 1 saturated heterocycles. The number of nitrogens with zero attached hydrogens (tertiary/aromatic N) is 3. The number of anilines is 1. The molecule has 1 amide bonds. The van der Waals surface area contributed by atoms with E-state index in [2.05, 4.69) is 30.9 Å². The van der Waals surface area contributed by atoms with E-state index in [1.54, 1.807) is 11.3 Å². The van der Waals surface area contributed by atoms with Gasteiger partial charge < -0.3 is 4.74 Å². The van der Waals surface area contributed by atoms with E-state index in [4.69, 9.17) is 9.72 Å². The Labute approximate surface area is 165 Å². The van der Waals surface area contributed by atoms with Crippen LogP contribution in [-0.2, 0) is 9.53 Å². The van der Waals surface area contributed by atoms with Crippen molar-refractivity contribution >= 4 is 32.6 Å². The van der Waals surface area contributed by atoms with E-state index in [0.717, 1.165) is 56.3 Å². The number of hydrogen-bond donors (Lipinski definition) is 0. The highest BCUT2D eigenvalue weighted by Gasteiger charge is 2.30. The first-order valence-corrected chi connectivity index (χ1v) is 10.9. The van der Waals surface area contributed by atoms with Gasteiger partial charge in [-0.15, -0.1) is 0 Å². The van der Waals surface area contributed by atoms with E-state index in [1.165, 1.54) is 28.7 Å². The lowest BCUT2D eigenvalue weighted by Crippen LogP contribution is -2.44. The minimum Gasteiger partial charge on any atom is -0.379 e. The SMILES string of the molecule is Cc1cc(C)c2sc(N(CCN3CCOCC3)C(=O)C3CCCC3)nc2c1. The second-order valence-corrected chi connectivity index (χ2v) is 8.83. The van der Waals surface area contributed by atoms with Crippen molar-refractivity contribution in [1.29, 1.82) is 0 Å². The van der Waals surface area contributed by atoms with E-state index in [-0.39, 0.29) is 11.8 Å². The molecule has 0 bridgehead atoms. The summed E-state index contributed by atoms with van der Waals surface area (Å²) in [5.41, 5.74) is 3.48. The smallest absolute Gasteiger partial charge is 0.231 e. The van der Waals surface area contributed by atoms with Crippen LogP contribution in [0.2, 0.25) is 0 Å². The van der Waals surface area contributed by atoms with E-state index in [1.807, 2.05) is 4.90 Å². The highest BCUT2D eigenvalue weighted by molar-refractivity contribution is 7.22. The van der Waals surface area contributed by atoms with Crippen molar-refractivity contribution in [3.63, 3.8) is 0 Å². The van der Waals surface area contributed by atoms with Crippen LogP contribution in [0.25, 0.3) is 10.2 Å². The predicted octanol–water partition coefficient (Wildman–Crippen LogP) is 3.77. The summed E-state index contributed by atoms with van der Waals surface area (Å²) in [5.74, 6) is 0.443. The zero-order chi connectivity index (χ0) is 18.8. The fourth-order valence-electron chi connectivity index (χ4n) is 4.24. The van der Waals surface area contributed by atoms with Crippen molar-refractivity contribution < 1.29 is 9.53 Å². The van der Waals surface area contributed by atoms with Crippen LogP contribution in [0.1, 0.15) is 36.8 Å². The van der Waals surface area contributed by atoms with Gasteiger partial charge in [-0.2, -0.15) is 0 Å². The van der Waals surface area contributed by atoms with E-state index < -0.39 is 0 Å². The molecule has 2 aromatic rings. The molecule has 0 spiro atoms. The van der Waals surface area contributed by atoms with Crippen molar-refractivity contribution in [1.82, 2.24) is 9.88 Å². The number of amides is 1. The number of rotatable bonds is 5. The Hall–Kier alpha value is -1.50. The third-order valence-corrected chi connectivity index (χ3v) is 6.98. The lowest BCUT2D eigenvalue weighted by atomic mass is 10.1. The molecule has 5 nitrogen and oxygen atoms in total. The fraction of sp³-hybridized carbons (Fsp3) is 0.619. The van der Waals surface area contributed by atoms with Crippen molar-refractivity contribution in [2.75, 3.05) is 44.3 Å². The average molecular weight is 388 g/mol. The van der Waals surface area contributed by atoms with Crippen LogP contribution in [-0.4, -0.2) is 55.2 Å². The lowest BCUT2D eigenvalue weighted by molar-refractivity contribution is -0.122. The molecule has 2 aliphatic rings. The van der Waals surface area contributed by atoms with Crippen LogP contribution in [0.5, 0.6) is 0 Å². The molecule has 146 valence electrons. The molecular weight excluding hydrogens is 358 g/mol. The minimum absolute atomic E-state index is 0.171. The van der Waals surface area contributed by atoms with Gasteiger partial charge in [0.25, 0.3) is 0 Å². The molecule has 0 atom stereocenters. The normalized spacial score (nSPS) is 19.0. The predicted molar refractivity (Wildman–Crippen MR) is 111 cm³/mol. The number of fused-ring (bicyclic) bond motifs is 1. The quantitative estimate of drug-likeness (QED) is 0.783. The summed E-state index contributed by atoms with van der Waals surface area (Å²) in [7, 11) is 0. The standard InChI is InChI=1S/C21H29N3O2S/c1-15-13-16(2)19-18(14-15)22-21(27-19)24(20(25)17-5-3-4-6-17)8-7-23-9-11-26-12-10-23/h13-14,17H,3-12H2,1-2H3. The van der Waals surface area contributed by atoms with Crippen LogP contribution in [0.3, 0.4) is 0 Å². The zero-order valence-corrected chi connectivity index (χ0v) is 17.2. The number of aryl methyl sites for hydroxylation is 2. The Bertz CT molecular complexity index is 807. The maximum Gasteiger partial charge on any atom is 0.231 e. The summed E-state index contributed by atoms with van der Waals surface area (Å²) in [5, 5.41) is 0.865. The maximum absolute atomic E-state index is 13.3. The first-order valence-electron chi connectivity index (χ1n) is 10.1. The van der Waals surface area contributed by atoms with Gasteiger partial charge in [-0.25, -0.2) is 4.98 Å². The monoisotopic (exact) mass is 387 g/mol. The Morgan fingerprint density at radius 2 is 2.00 bits per heavy atom. The van der Waals surface area contributed by atoms with Gasteiger partial charge >= 0.3 is 0 Å². The summed E-state index contributed by atoms with van der Waals surface area (Å²) in [6, 6.07) is 4.32. The third kappa shape index (κ3) is 4.18. The van der Waals surface area contributed by atoms with Crippen LogP contribution in [0.15, 0.2) is 12.1 Å². The van der Waals surface area contributed by atoms with Crippen molar-refractivity contribution in [3.8, 4) is 0 Å². The molecule has 1 aliphatic heterocycles. The summed E-state index contributed by atoms with van der Waals surface area (Å²) in [6.07, 6.45) is 4.39. The minimum atomic E-state index is 0.171. The number of aromatic nitrogens is 1. The topological polar surface area (TPSA) is 45.7 Å². The zero-order valence-electron chi connectivity index (χ0n) is 16.4. The second-order valence-electron chi connectivity index (χ2n) is 7.85. The van der Waals surface area contributed by atoms with E-state index in [0.29, 0.717) is 6.54 Å².